The molecule has 0 aliphatic rings. The highest BCUT2D eigenvalue weighted by molar-refractivity contribution is 7.13. The number of benzene rings is 1. The van der Waals surface area contributed by atoms with E-state index in [1.165, 1.54) is 0 Å². The Hall–Kier alpha value is -2.60. The van der Waals surface area contributed by atoms with E-state index in [1.54, 1.807) is 23.1 Å². The van der Waals surface area contributed by atoms with E-state index in [0.29, 0.717) is 18.1 Å². The summed E-state index contributed by atoms with van der Waals surface area (Å²) in [7, 11) is 3.54. The van der Waals surface area contributed by atoms with Crippen LogP contribution in [0, 0.1) is 0 Å². The van der Waals surface area contributed by atoms with Gasteiger partial charge in [0.05, 0.1) is 19.0 Å². The molecule has 5 nitrogen and oxygen atoms in total. The fourth-order valence-electron chi connectivity index (χ4n) is 2.29. The van der Waals surface area contributed by atoms with Gasteiger partial charge in [-0.05, 0) is 24.6 Å². The Morgan fingerprint density at radius 3 is 2.88 bits per heavy atom. The molecular formula is C18H19N3O2S. The number of methoxy groups -OCH3 is 1. The topological polar surface area (TPSA) is 49.2 Å². The third-order valence-electron chi connectivity index (χ3n) is 3.43. The summed E-state index contributed by atoms with van der Waals surface area (Å²) in [6.45, 7) is 2.38. The van der Waals surface area contributed by atoms with Gasteiger partial charge < -0.3 is 9.47 Å². The summed E-state index contributed by atoms with van der Waals surface area (Å²) >= 11 is 1.59. The van der Waals surface area contributed by atoms with Crippen LogP contribution in [0.15, 0.2) is 42.0 Å². The molecule has 24 heavy (non-hydrogen) atoms. The number of allylic oxidation sites excluding steroid dienone is 1. The molecule has 0 aliphatic carbocycles. The Morgan fingerprint density at radius 1 is 1.29 bits per heavy atom. The van der Waals surface area contributed by atoms with Crippen molar-refractivity contribution in [3.05, 3.63) is 53.3 Å². The molecule has 3 rings (SSSR count). The van der Waals surface area contributed by atoms with Crippen molar-refractivity contribution in [2.45, 2.75) is 13.5 Å². The van der Waals surface area contributed by atoms with Crippen LogP contribution in [-0.2, 0) is 13.7 Å². The van der Waals surface area contributed by atoms with Crippen molar-refractivity contribution in [3.63, 3.8) is 0 Å². The monoisotopic (exact) mass is 341 g/mol. The summed E-state index contributed by atoms with van der Waals surface area (Å²) in [6.07, 6.45) is 7.77. The molecule has 0 bridgehead atoms. The van der Waals surface area contributed by atoms with E-state index in [1.807, 2.05) is 62.1 Å². The molecular weight excluding hydrogens is 322 g/mol. The van der Waals surface area contributed by atoms with Crippen molar-refractivity contribution in [2.24, 2.45) is 7.05 Å². The molecule has 0 amide bonds. The maximum absolute atomic E-state index is 5.88. The normalized spacial score (nSPS) is 11.1. The van der Waals surface area contributed by atoms with Gasteiger partial charge in [-0.2, -0.15) is 5.10 Å². The highest BCUT2D eigenvalue weighted by Gasteiger charge is 2.09. The van der Waals surface area contributed by atoms with Gasteiger partial charge in [-0.25, -0.2) is 4.98 Å². The molecule has 2 heterocycles. The molecule has 2 aromatic heterocycles. The van der Waals surface area contributed by atoms with E-state index in [4.69, 9.17) is 9.47 Å². The van der Waals surface area contributed by atoms with E-state index in [0.717, 1.165) is 21.8 Å². The Kier molecular flexibility index (Phi) is 4.96. The minimum atomic E-state index is 0.399. The minimum absolute atomic E-state index is 0.399. The van der Waals surface area contributed by atoms with Gasteiger partial charge in [0.1, 0.15) is 11.6 Å². The number of nitrogens with zero attached hydrogens (tertiary/aromatic N) is 3. The maximum Gasteiger partial charge on any atom is 0.161 e. The van der Waals surface area contributed by atoms with Crippen molar-refractivity contribution in [1.82, 2.24) is 14.8 Å². The van der Waals surface area contributed by atoms with Crippen LogP contribution < -0.4 is 9.47 Å². The van der Waals surface area contributed by atoms with E-state index >= 15 is 0 Å². The molecule has 6 heteroatoms. The molecule has 0 spiro atoms. The Balaban J connectivity index is 1.71. The molecule has 3 aromatic rings. The fourth-order valence-corrected chi connectivity index (χ4v) is 3.07. The highest BCUT2D eigenvalue weighted by Crippen LogP contribution is 2.30. The summed E-state index contributed by atoms with van der Waals surface area (Å²) in [5, 5.41) is 7.12. The lowest BCUT2D eigenvalue weighted by Crippen LogP contribution is -1.98. The first-order valence-electron chi connectivity index (χ1n) is 7.56. The molecule has 0 atom stereocenters. The van der Waals surface area contributed by atoms with Gasteiger partial charge in [0.25, 0.3) is 0 Å². The largest absolute Gasteiger partial charge is 0.493 e. The molecule has 0 saturated carbocycles. The number of aryl methyl sites for hydroxylation is 1. The second-order valence-corrected chi connectivity index (χ2v) is 6.10. The van der Waals surface area contributed by atoms with Crippen LogP contribution in [-0.4, -0.2) is 21.9 Å². The van der Waals surface area contributed by atoms with Crippen molar-refractivity contribution in [3.8, 4) is 22.1 Å². The molecule has 0 N–H and O–H groups in total. The van der Waals surface area contributed by atoms with Crippen LogP contribution >= 0.6 is 11.3 Å². The summed E-state index contributed by atoms with van der Waals surface area (Å²) in [6, 6.07) is 5.87. The number of hydrogen-bond donors (Lipinski definition) is 0. The zero-order chi connectivity index (χ0) is 16.9. The lowest BCUT2D eigenvalue weighted by Gasteiger charge is -2.10. The standard InChI is InChI=1S/C18H19N3O2S/c1-4-5-13-6-7-16(17(8-13)22-3)23-11-15-12-24-18(20-15)14-9-19-21(2)10-14/h4-10,12H,11H2,1-3H3/b5-4-. The van der Waals surface area contributed by atoms with E-state index < -0.39 is 0 Å². The Morgan fingerprint density at radius 2 is 2.17 bits per heavy atom. The third kappa shape index (κ3) is 3.65. The average molecular weight is 341 g/mol. The van der Waals surface area contributed by atoms with Crippen LogP contribution in [0.25, 0.3) is 16.6 Å². The Bertz CT molecular complexity index is 852. The minimum Gasteiger partial charge on any atom is -0.493 e. The Labute approximate surface area is 145 Å². The first-order chi connectivity index (χ1) is 11.7. The lowest BCUT2D eigenvalue weighted by atomic mass is 10.2. The first kappa shape index (κ1) is 16.3. The third-order valence-corrected chi connectivity index (χ3v) is 4.37. The van der Waals surface area contributed by atoms with Crippen molar-refractivity contribution < 1.29 is 9.47 Å². The van der Waals surface area contributed by atoms with Crippen LogP contribution in [0.2, 0.25) is 0 Å². The van der Waals surface area contributed by atoms with E-state index in [2.05, 4.69) is 10.1 Å². The van der Waals surface area contributed by atoms with Gasteiger partial charge in [-0.3, -0.25) is 4.68 Å². The summed E-state index contributed by atoms with van der Waals surface area (Å²) in [4.78, 5) is 4.60. The molecule has 0 unspecified atom stereocenters. The summed E-state index contributed by atoms with van der Waals surface area (Å²) in [5.74, 6) is 1.43. The predicted octanol–water partition coefficient (Wildman–Crippen LogP) is 4.16. The zero-order valence-corrected chi connectivity index (χ0v) is 14.7. The number of ether oxygens (including phenoxy) is 2. The van der Waals surface area contributed by atoms with Gasteiger partial charge in [0.15, 0.2) is 11.5 Å². The second-order valence-electron chi connectivity index (χ2n) is 5.25. The second kappa shape index (κ2) is 7.31. The van der Waals surface area contributed by atoms with Crippen molar-refractivity contribution >= 4 is 17.4 Å². The smallest absolute Gasteiger partial charge is 0.161 e. The number of rotatable bonds is 6. The van der Waals surface area contributed by atoms with Gasteiger partial charge >= 0.3 is 0 Å². The summed E-state index contributed by atoms with van der Waals surface area (Å²) < 4.78 is 13.1. The molecule has 0 saturated heterocycles. The maximum atomic E-state index is 5.88. The van der Waals surface area contributed by atoms with Crippen molar-refractivity contribution in [2.75, 3.05) is 7.11 Å². The van der Waals surface area contributed by atoms with Gasteiger partial charge in [-0.15, -0.1) is 11.3 Å². The molecule has 0 aliphatic heterocycles. The van der Waals surface area contributed by atoms with Gasteiger partial charge in [0.2, 0.25) is 0 Å². The van der Waals surface area contributed by atoms with Gasteiger partial charge in [0, 0.05) is 24.2 Å². The fraction of sp³-hybridized carbons (Fsp3) is 0.222. The lowest BCUT2D eigenvalue weighted by molar-refractivity contribution is 0.281. The quantitative estimate of drug-likeness (QED) is 0.675. The molecule has 1 aromatic carbocycles. The van der Waals surface area contributed by atoms with Crippen LogP contribution in [0.4, 0.5) is 0 Å². The SMILES string of the molecule is C/C=C\c1ccc(OCc2csc(-c3cnn(C)c3)n2)c(OC)c1. The van der Waals surface area contributed by atoms with Crippen molar-refractivity contribution in [1.29, 1.82) is 0 Å². The van der Waals surface area contributed by atoms with Gasteiger partial charge in [-0.1, -0.05) is 18.2 Å². The number of thiazole rings is 1. The predicted molar refractivity (Wildman–Crippen MR) is 96.4 cm³/mol. The number of hydrogen-bond acceptors (Lipinski definition) is 5. The molecule has 124 valence electrons. The summed E-state index contributed by atoms with van der Waals surface area (Å²) in [5.41, 5.74) is 2.98. The average Bonchev–Trinajstić information content (AvgIpc) is 3.22. The highest BCUT2D eigenvalue weighted by atomic mass is 32.1. The van der Waals surface area contributed by atoms with E-state index in [-0.39, 0.29) is 0 Å². The molecule has 0 radical (unpaired) electrons. The van der Waals surface area contributed by atoms with Crippen LogP contribution in [0.1, 0.15) is 18.2 Å². The number of aromatic nitrogens is 3. The van der Waals surface area contributed by atoms with Crippen LogP contribution in [0.5, 0.6) is 11.5 Å². The van der Waals surface area contributed by atoms with E-state index in [9.17, 15) is 0 Å². The first-order valence-corrected chi connectivity index (χ1v) is 8.44. The zero-order valence-electron chi connectivity index (χ0n) is 13.9. The molecule has 0 fully saturated rings. The van der Waals surface area contributed by atoms with Crippen LogP contribution in [0.3, 0.4) is 0 Å².